The normalized spacial score (nSPS) is 21.1. The molecule has 2 aliphatic rings. The second kappa shape index (κ2) is 8.26. The van der Waals surface area contributed by atoms with Crippen LogP contribution in [-0.2, 0) is 0 Å². The predicted octanol–water partition coefficient (Wildman–Crippen LogP) is 4.18. The monoisotopic (exact) mass is 464 g/mol. The Hall–Kier alpha value is -3.26. The van der Waals surface area contributed by atoms with Gasteiger partial charge < -0.3 is 16.0 Å². The zero-order valence-electron chi connectivity index (χ0n) is 18.5. The van der Waals surface area contributed by atoms with Gasteiger partial charge >= 0.3 is 0 Å². The van der Waals surface area contributed by atoms with Gasteiger partial charge in [-0.05, 0) is 67.5 Å². The van der Waals surface area contributed by atoms with Crippen LogP contribution in [0.15, 0.2) is 42.5 Å². The number of aryl methyl sites for hydroxylation is 1. The molecular formula is C25H25FN4O2S. The van der Waals surface area contributed by atoms with Gasteiger partial charge in [-0.1, -0.05) is 35.6 Å². The summed E-state index contributed by atoms with van der Waals surface area (Å²) >= 11 is 1.18. The highest BCUT2D eigenvalue weighted by molar-refractivity contribution is 7.19. The number of halogens is 1. The minimum absolute atomic E-state index is 0.112. The van der Waals surface area contributed by atoms with Crippen LogP contribution in [0.5, 0.6) is 0 Å². The van der Waals surface area contributed by atoms with Gasteiger partial charge in [0.25, 0.3) is 11.8 Å². The van der Waals surface area contributed by atoms with E-state index >= 15 is 0 Å². The topological polar surface area (TPSA) is 88.3 Å². The molecule has 5 rings (SSSR count). The fourth-order valence-electron chi connectivity index (χ4n) is 4.79. The second-order valence-electron chi connectivity index (χ2n) is 8.86. The number of anilines is 1. The van der Waals surface area contributed by atoms with E-state index in [-0.39, 0.29) is 40.5 Å². The van der Waals surface area contributed by atoms with E-state index in [1.807, 2.05) is 36.9 Å². The molecule has 6 nitrogen and oxygen atoms in total. The quantitative estimate of drug-likeness (QED) is 0.593. The summed E-state index contributed by atoms with van der Waals surface area (Å²) < 4.78 is 13.8. The molecule has 8 heteroatoms. The zero-order chi connectivity index (χ0) is 23.3. The smallest absolute Gasteiger partial charge is 0.274 e. The number of amides is 2. The van der Waals surface area contributed by atoms with Crippen molar-refractivity contribution in [3.63, 3.8) is 0 Å². The molecule has 1 saturated carbocycles. The summed E-state index contributed by atoms with van der Waals surface area (Å²) in [6.07, 6.45) is 1.81. The summed E-state index contributed by atoms with van der Waals surface area (Å²) in [5.74, 6) is -0.279. The van der Waals surface area contributed by atoms with Crippen molar-refractivity contribution in [2.24, 2.45) is 5.92 Å². The number of likely N-dealkylation sites (tertiary alicyclic amines) is 1. The Morgan fingerprint density at radius 3 is 2.79 bits per heavy atom. The molecule has 3 N–H and O–H groups in total. The molecule has 3 atom stereocenters. The van der Waals surface area contributed by atoms with Crippen LogP contribution in [0.25, 0.3) is 10.4 Å². The summed E-state index contributed by atoms with van der Waals surface area (Å²) in [7, 11) is 0. The molecule has 2 aromatic carbocycles. The maximum Gasteiger partial charge on any atom is 0.274 e. The number of piperidine rings is 1. The Morgan fingerprint density at radius 1 is 1.21 bits per heavy atom. The molecule has 1 aromatic heterocycles. The Bertz CT molecular complexity index is 1260. The number of hydrogen-bond donors (Lipinski definition) is 2. The summed E-state index contributed by atoms with van der Waals surface area (Å²) in [6, 6.07) is 11.8. The Kier molecular flexibility index (Phi) is 5.40. The maximum atomic E-state index is 13.8. The lowest BCUT2D eigenvalue weighted by molar-refractivity contribution is 0.0684. The number of carbonyl (C=O) groups excluding carboxylic acids is 2. The van der Waals surface area contributed by atoms with Gasteiger partial charge in [-0.15, -0.1) is 0 Å². The highest BCUT2D eigenvalue weighted by atomic mass is 32.1. The summed E-state index contributed by atoms with van der Waals surface area (Å²) in [4.78, 5) is 33.1. The molecule has 0 bridgehead atoms. The molecule has 2 heterocycles. The van der Waals surface area contributed by atoms with E-state index in [1.165, 1.54) is 23.5 Å². The number of nitrogens with two attached hydrogens (primary N) is 1. The van der Waals surface area contributed by atoms with Crippen LogP contribution >= 0.6 is 11.3 Å². The van der Waals surface area contributed by atoms with Gasteiger partial charge in [-0.2, -0.15) is 0 Å². The number of carbonyl (C=O) groups is 2. The number of thiazole rings is 1. The second-order valence-corrected chi connectivity index (χ2v) is 9.89. The van der Waals surface area contributed by atoms with Crippen LogP contribution < -0.4 is 11.1 Å². The molecular weight excluding hydrogens is 439 g/mol. The molecule has 170 valence electrons. The maximum absolute atomic E-state index is 13.8. The Labute approximate surface area is 195 Å². The minimum Gasteiger partial charge on any atom is -0.375 e. The largest absolute Gasteiger partial charge is 0.375 e. The van der Waals surface area contributed by atoms with Crippen molar-refractivity contribution in [3.05, 3.63) is 70.7 Å². The molecule has 3 aromatic rings. The van der Waals surface area contributed by atoms with Crippen LogP contribution in [0.1, 0.15) is 44.8 Å². The summed E-state index contributed by atoms with van der Waals surface area (Å²) in [6.45, 7) is 4.29. The first-order valence-corrected chi connectivity index (χ1v) is 11.8. The molecule has 0 spiro atoms. The van der Waals surface area contributed by atoms with Gasteiger partial charge in [0.1, 0.15) is 11.5 Å². The van der Waals surface area contributed by atoms with E-state index < -0.39 is 0 Å². The van der Waals surface area contributed by atoms with Crippen LogP contribution in [0.3, 0.4) is 0 Å². The lowest BCUT2D eigenvalue weighted by Gasteiger charge is -2.27. The molecule has 1 aliphatic carbocycles. The third kappa shape index (κ3) is 3.99. The zero-order valence-corrected chi connectivity index (χ0v) is 19.3. The van der Waals surface area contributed by atoms with Crippen molar-refractivity contribution in [3.8, 4) is 10.4 Å². The highest BCUT2D eigenvalue weighted by Crippen LogP contribution is 2.49. The van der Waals surface area contributed by atoms with Gasteiger partial charge in [0.2, 0.25) is 0 Å². The fourth-order valence-corrected chi connectivity index (χ4v) is 5.61. The van der Waals surface area contributed by atoms with Gasteiger partial charge in [0.15, 0.2) is 5.13 Å². The number of nitrogen functional groups attached to an aromatic ring is 1. The first kappa shape index (κ1) is 21.6. The van der Waals surface area contributed by atoms with Crippen LogP contribution in [0, 0.1) is 25.6 Å². The minimum atomic E-state index is -0.381. The molecule has 2 amide bonds. The molecule has 1 aliphatic heterocycles. The number of rotatable bonds is 5. The summed E-state index contributed by atoms with van der Waals surface area (Å²) in [5, 5.41) is 3.29. The van der Waals surface area contributed by atoms with Crippen molar-refractivity contribution in [2.75, 3.05) is 12.3 Å². The summed E-state index contributed by atoms with van der Waals surface area (Å²) in [5.41, 5.74) is 9.45. The molecule has 1 saturated heterocycles. The van der Waals surface area contributed by atoms with Gasteiger partial charge in [0, 0.05) is 18.2 Å². The van der Waals surface area contributed by atoms with E-state index in [0.29, 0.717) is 28.5 Å². The van der Waals surface area contributed by atoms with E-state index in [9.17, 15) is 14.0 Å². The van der Waals surface area contributed by atoms with E-state index in [4.69, 9.17) is 5.73 Å². The van der Waals surface area contributed by atoms with Crippen molar-refractivity contribution in [1.82, 2.24) is 15.2 Å². The molecule has 33 heavy (non-hydrogen) atoms. The van der Waals surface area contributed by atoms with E-state index in [1.54, 1.807) is 12.1 Å². The van der Waals surface area contributed by atoms with Crippen LogP contribution in [-0.4, -0.2) is 40.3 Å². The van der Waals surface area contributed by atoms with Crippen molar-refractivity contribution in [1.29, 1.82) is 0 Å². The van der Waals surface area contributed by atoms with Gasteiger partial charge in [-0.3, -0.25) is 9.59 Å². The van der Waals surface area contributed by atoms with Crippen LogP contribution in [0.2, 0.25) is 0 Å². The molecule has 0 radical (unpaired) electrons. The van der Waals surface area contributed by atoms with Gasteiger partial charge in [-0.25, -0.2) is 9.37 Å². The number of nitrogens with zero attached hydrogens (tertiary/aromatic N) is 2. The van der Waals surface area contributed by atoms with Crippen molar-refractivity contribution in [2.45, 2.75) is 38.8 Å². The number of fused-ring (bicyclic) bond motifs is 1. The Balaban J connectivity index is 1.36. The lowest BCUT2D eigenvalue weighted by Crippen LogP contribution is -2.45. The molecule has 0 unspecified atom stereocenters. The lowest BCUT2D eigenvalue weighted by atomic mass is 10.0. The van der Waals surface area contributed by atoms with Gasteiger partial charge in [0.05, 0.1) is 10.9 Å². The first-order chi connectivity index (χ1) is 15.8. The SMILES string of the molecule is Cc1cccc(C(=O)NC[C@@H]2C[C@H]3C[C@@H]3N2C(=O)c2nc(N)sc2-c2cccc(F)c2)c1C. The fraction of sp³-hybridized carbons (Fsp3) is 0.320. The third-order valence-corrected chi connectivity index (χ3v) is 7.66. The van der Waals surface area contributed by atoms with Crippen LogP contribution in [0.4, 0.5) is 9.52 Å². The highest BCUT2D eigenvalue weighted by Gasteiger charge is 2.54. The number of nitrogens with one attached hydrogen (secondary N) is 1. The number of benzene rings is 2. The van der Waals surface area contributed by atoms with E-state index in [2.05, 4.69) is 10.3 Å². The number of hydrogen-bond acceptors (Lipinski definition) is 5. The average Bonchev–Trinajstić information content (AvgIpc) is 3.27. The third-order valence-electron chi connectivity index (χ3n) is 6.73. The Morgan fingerprint density at radius 2 is 2.00 bits per heavy atom. The predicted molar refractivity (Wildman–Crippen MR) is 127 cm³/mol. The number of aromatic nitrogens is 1. The molecule has 2 fully saturated rings. The average molecular weight is 465 g/mol. The van der Waals surface area contributed by atoms with Crippen molar-refractivity contribution >= 4 is 28.3 Å². The standard InChI is InChI=1S/C25H25FN4O2S/c1-13-5-3-8-19(14(13)2)23(31)28-12-18-10-16-11-20(16)30(18)24(32)21-22(33-25(27)29-21)15-6-4-7-17(26)9-15/h3-9,16,18,20H,10-12H2,1-2H3,(H2,27,29)(H,28,31)/t16-,18-,20-/m0/s1. The first-order valence-electron chi connectivity index (χ1n) is 11.0. The van der Waals surface area contributed by atoms with E-state index in [0.717, 1.165) is 24.0 Å². The van der Waals surface area contributed by atoms with Crippen molar-refractivity contribution < 1.29 is 14.0 Å².